The van der Waals surface area contributed by atoms with Gasteiger partial charge >= 0.3 is 6.18 Å². The number of rotatable bonds is 2. The predicted octanol–water partition coefficient (Wildman–Crippen LogP) is 5.54. The van der Waals surface area contributed by atoms with Crippen molar-refractivity contribution in [3.05, 3.63) is 76.5 Å². The first kappa shape index (κ1) is 19.4. The van der Waals surface area contributed by atoms with E-state index in [1.807, 2.05) is 31.2 Å². The fraction of sp³-hybridized carbons (Fsp3) is 0.304. The molecule has 0 radical (unpaired) electrons. The summed E-state index contributed by atoms with van der Waals surface area (Å²) in [5.74, 6) is -0.493. The summed E-state index contributed by atoms with van der Waals surface area (Å²) in [6, 6.07) is 12.3. The fourth-order valence-electron chi connectivity index (χ4n) is 4.34. The second kappa shape index (κ2) is 7.17. The minimum Gasteiger partial charge on any atom is -0.294 e. The van der Waals surface area contributed by atoms with Crippen molar-refractivity contribution in [1.82, 2.24) is 0 Å². The molecule has 1 amide bonds. The number of amides is 1. The van der Waals surface area contributed by atoms with Gasteiger partial charge in [-0.15, -0.1) is 0 Å². The third-order valence-electron chi connectivity index (χ3n) is 5.69. The number of anilines is 1. The Balaban J connectivity index is 1.82. The highest BCUT2D eigenvalue weighted by Crippen LogP contribution is 2.44. The summed E-state index contributed by atoms with van der Waals surface area (Å²) in [7, 11) is 0. The van der Waals surface area contributed by atoms with E-state index in [1.165, 1.54) is 17.0 Å². The molecule has 150 valence electrons. The molecule has 2 aromatic rings. The molecule has 0 bridgehead atoms. The maximum Gasteiger partial charge on any atom is 0.416 e. The van der Waals surface area contributed by atoms with Crippen molar-refractivity contribution in [2.75, 3.05) is 4.90 Å². The first-order valence-corrected chi connectivity index (χ1v) is 9.59. The van der Waals surface area contributed by atoms with E-state index in [2.05, 4.69) is 0 Å². The summed E-state index contributed by atoms with van der Waals surface area (Å²) in [6.45, 7) is 1.95. The lowest BCUT2D eigenvalue weighted by Gasteiger charge is -2.38. The van der Waals surface area contributed by atoms with Gasteiger partial charge in [-0.05, 0) is 55.2 Å². The van der Waals surface area contributed by atoms with Gasteiger partial charge in [-0.3, -0.25) is 14.5 Å². The minimum absolute atomic E-state index is 0.0175. The molecule has 29 heavy (non-hydrogen) atoms. The van der Waals surface area contributed by atoms with E-state index in [4.69, 9.17) is 0 Å². The van der Waals surface area contributed by atoms with Crippen LogP contribution in [0.25, 0.3) is 0 Å². The van der Waals surface area contributed by atoms with Gasteiger partial charge in [0.15, 0.2) is 5.78 Å². The molecule has 0 fully saturated rings. The van der Waals surface area contributed by atoms with Crippen LogP contribution in [0, 0.1) is 6.92 Å². The average Bonchev–Trinajstić information content (AvgIpc) is 2.67. The molecule has 4 rings (SSSR count). The van der Waals surface area contributed by atoms with Crippen molar-refractivity contribution >= 4 is 17.4 Å². The number of ketones is 1. The Morgan fingerprint density at radius 2 is 1.66 bits per heavy atom. The molecule has 0 aromatic heterocycles. The Labute approximate surface area is 166 Å². The molecule has 0 unspecified atom stereocenters. The maximum absolute atomic E-state index is 13.1. The lowest BCUT2D eigenvalue weighted by atomic mass is 9.76. The molecule has 1 aliphatic carbocycles. The molecule has 0 spiro atoms. The quantitative estimate of drug-likeness (QED) is 0.665. The van der Waals surface area contributed by atoms with E-state index in [0.717, 1.165) is 23.3 Å². The molecule has 1 aliphatic heterocycles. The van der Waals surface area contributed by atoms with Gasteiger partial charge in [0.1, 0.15) is 0 Å². The van der Waals surface area contributed by atoms with Crippen LogP contribution < -0.4 is 4.90 Å². The zero-order chi connectivity index (χ0) is 20.8. The van der Waals surface area contributed by atoms with Crippen molar-refractivity contribution < 1.29 is 22.8 Å². The topological polar surface area (TPSA) is 37.4 Å². The van der Waals surface area contributed by atoms with Gasteiger partial charge in [-0.1, -0.05) is 24.3 Å². The highest BCUT2D eigenvalue weighted by Gasteiger charge is 2.40. The molecule has 0 N–H and O–H groups in total. The summed E-state index contributed by atoms with van der Waals surface area (Å²) >= 11 is 0. The summed E-state index contributed by atoms with van der Waals surface area (Å²) in [5, 5.41) is 0. The Morgan fingerprint density at radius 3 is 2.31 bits per heavy atom. The van der Waals surface area contributed by atoms with Crippen molar-refractivity contribution in [3.8, 4) is 0 Å². The average molecular weight is 399 g/mol. The number of nitrogens with zero attached hydrogens (tertiary/aromatic N) is 1. The maximum atomic E-state index is 13.1. The number of aryl methyl sites for hydroxylation is 1. The molecule has 3 nitrogen and oxygen atoms in total. The van der Waals surface area contributed by atoms with E-state index < -0.39 is 11.7 Å². The number of hydrogen-bond donors (Lipinski definition) is 0. The van der Waals surface area contributed by atoms with Gasteiger partial charge < -0.3 is 0 Å². The van der Waals surface area contributed by atoms with Crippen LogP contribution in [0.5, 0.6) is 0 Å². The Morgan fingerprint density at radius 1 is 0.966 bits per heavy atom. The molecule has 0 saturated heterocycles. The van der Waals surface area contributed by atoms with Crippen molar-refractivity contribution in [2.24, 2.45) is 0 Å². The van der Waals surface area contributed by atoms with Gasteiger partial charge in [0.05, 0.1) is 5.56 Å². The van der Waals surface area contributed by atoms with Crippen molar-refractivity contribution in [3.63, 3.8) is 0 Å². The zero-order valence-electron chi connectivity index (χ0n) is 15.9. The smallest absolute Gasteiger partial charge is 0.294 e. The van der Waals surface area contributed by atoms with E-state index in [-0.39, 0.29) is 24.0 Å². The second-order valence-corrected chi connectivity index (χ2v) is 7.52. The molecular weight excluding hydrogens is 379 g/mol. The third kappa shape index (κ3) is 3.48. The van der Waals surface area contributed by atoms with Gasteiger partial charge in [-0.2, -0.15) is 13.2 Å². The van der Waals surface area contributed by atoms with Crippen LogP contribution in [0.15, 0.2) is 59.8 Å². The number of carbonyl (C=O) groups is 2. The van der Waals surface area contributed by atoms with Gasteiger partial charge in [0, 0.05) is 35.7 Å². The number of allylic oxidation sites excluding steroid dienone is 2. The Hall–Kier alpha value is -2.89. The summed E-state index contributed by atoms with van der Waals surface area (Å²) in [4.78, 5) is 27.4. The lowest BCUT2D eigenvalue weighted by Crippen LogP contribution is -2.40. The van der Waals surface area contributed by atoms with E-state index in [9.17, 15) is 22.8 Å². The first-order valence-electron chi connectivity index (χ1n) is 9.59. The SMILES string of the molecule is Cc1ccccc1[C@@H]1CC(=O)N(c2ccc(C(F)(F)F)cc2)C2=C1C(=O)CCC2. The van der Waals surface area contributed by atoms with Crippen molar-refractivity contribution in [2.45, 2.75) is 44.7 Å². The first-order chi connectivity index (χ1) is 13.8. The largest absolute Gasteiger partial charge is 0.416 e. The number of alkyl halides is 3. The molecule has 2 aliphatic rings. The molecule has 0 saturated carbocycles. The second-order valence-electron chi connectivity index (χ2n) is 7.52. The predicted molar refractivity (Wildman–Crippen MR) is 103 cm³/mol. The van der Waals surface area contributed by atoms with Crippen LogP contribution in [0.2, 0.25) is 0 Å². The Kier molecular flexibility index (Phi) is 4.81. The molecule has 6 heteroatoms. The fourth-order valence-corrected chi connectivity index (χ4v) is 4.34. The number of carbonyl (C=O) groups excluding carboxylic acids is 2. The molecule has 2 aromatic carbocycles. The molecule has 1 atom stereocenters. The molecular formula is C23H20F3NO2. The van der Waals surface area contributed by atoms with Crippen LogP contribution in [0.3, 0.4) is 0 Å². The van der Waals surface area contributed by atoms with E-state index >= 15 is 0 Å². The van der Waals surface area contributed by atoms with Crippen LogP contribution in [-0.4, -0.2) is 11.7 Å². The van der Waals surface area contributed by atoms with Crippen LogP contribution in [-0.2, 0) is 15.8 Å². The normalized spacial score (nSPS) is 20.1. The van der Waals surface area contributed by atoms with E-state index in [0.29, 0.717) is 36.2 Å². The summed E-state index contributed by atoms with van der Waals surface area (Å²) < 4.78 is 38.7. The van der Waals surface area contributed by atoms with Crippen LogP contribution in [0.4, 0.5) is 18.9 Å². The summed E-state index contributed by atoms with van der Waals surface area (Å²) in [5.41, 5.74) is 2.83. The lowest BCUT2D eigenvalue weighted by molar-refractivity contribution is -0.137. The van der Waals surface area contributed by atoms with Crippen LogP contribution >= 0.6 is 0 Å². The van der Waals surface area contributed by atoms with Gasteiger partial charge in [-0.25, -0.2) is 0 Å². The highest BCUT2D eigenvalue weighted by atomic mass is 19.4. The monoisotopic (exact) mass is 399 g/mol. The van der Waals surface area contributed by atoms with E-state index in [1.54, 1.807) is 0 Å². The number of Topliss-reactive ketones (excluding diaryl/α,β-unsaturated/α-hetero) is 1. The standard InChI is InChI=1S/C23H20F3NO2/c1-14-5-2-3-6-17(14)18-13-21(29)27(19-7-4-8-20(28)22(18)19)16-11-9-15(10-12-16)23(24,25)26/h2-3,5-6,9-12,18H,4,7-8,13H2,1H3/t18-/m0/s1. The molecule has 1 heterocycles. The number of hydrogen-bond acceptors (Lipinski definition) is 2. The highest BCUT2D eigenvalue weighted by molar-refractivity contribution is 6.07. The zero-order valence-corrected chi connectivity index (χ0v) is 15.9. The number of halogens is 3. The van der Waals surface area contributed by atoms with Gasteiger partial charge in [0.25, 0.3) is 0 Å². The summed E-state index contributed by atoms with van der Waals surface area (Å²) in [6.07, 6.45) is -2.71. The number of benzene rings is 2. The van der Waals surface area contributed by atoms with Gasteiger partial charge in [0.2, 0.25) is 5.91 Å². The van der Waals surface area contributed by atoms with Crippen LogP contribution in [0.1, 0.15) is 48.3 Å². The van der Waals surface area contributed by atoms with Crippen molar-refractivity contribution in [1.29, 1.82) is 0 Å². The minimum atomic E-state index is -4.44. The Bertz CT molecular complexity index is 1010. The third-order valence-corrected chi connectivity index (χ3v) is 5.69.